The van der Waals surface area contributed by atoms with Crippen molar-refractivity contribution in [3.8, 4) is 5.88 Å². The monoisotopic (exact) mass is 552 g/mol. The summed E-state index contributed by atoms with van der Waals surface area (Å²) in [6, 6.07) is 4.42. The van der Waals surface area contributed by atoms with Crippen LogP contribution in [0.3, 0.4) is 0 Å². The molecule has 1 fully saturated rings. The van der Waals surface area contributed by atoms with E-state index in [-0.39, 0.29) is 41.4 Å². The van der Waals surface area contributed by atoms with Gasteiger partial charge in [-0.25, -0.2) is 27.2 Å². The summed E-state index contributed by atoms with van der Waals surface area (Å²) in [5.74, 6) is -2.55. The van der Waals surface area contributed by atoms with Crippen molar-refractivity contribution in [1.29, 1.82) is 0 Å². The van der Waals surface area contributed by atoms with E-state index >= 15 is 4.39 Å². The predicted molar refractivity (Wildman–Crippen MR) is 136 cm³/mol. The van der Waals surface area contributed by atoms with Crippen molar-refractivity contribution in [3.63, 3.8) is 0 Å². The fraction of sp³-hybridized carbons (Fsp3) is 0.391. The zero-order valence-electron chi connectivity index (χ0n) is 20.4. The van der Waals surface area contributed by atoms with Crippen LogP contribution in [0.5, 0.6) is 5.88 Å². The fourth-order valence-corrected chi connectivity index (χ4v) is 5.01. The minimum absolute atomic E-state index is 0.0516. The smallest absolute Gasteiger partial charge is 0.320 e. The van der Waals surface area contributed by atoms with Gasteiger partial charge in [-0.3, -0.25) is 19.7 Å². The molecular formula is C23H26F2N6O6S. The second-order valence-electron chi connectivity index (χ2n) is 8.43. The van der Waals surface area contributed by atoms with Crippen molar-refractivity contribution < 1.29 is 31.6 Å². The molecule has 1 saturated heterocycles. The maximum Gasteiger partial charge on any atom is 0.320 e. The molecule has 38 heavy (non-hydrogen) atoms. The second kappa shape index (κ2) is 11.8. The number of ether oxygens (including phenoxy) is 2. The Morgan fingerprint density at radius 1 is 1.18 bits per heavy atom. The van der Waals surface area contributed by atoms with Gasteiger partial charge >= 0.3 is 5.69 Å². The van der Waals surface area contributed by atoms with Gasteiger partial charge in [0.25, 0.3) is 0 Å². The van der Waals surface area contributed by atoms with Crippen molar-refractivity contribution in [1.82, 2.24) is 14.9 Å². The molecule has 0 radical (unpaired) electrons. The Hall–Kier alpha value is -3.69. The van der Waals surface area contributed by atoms with Crippen LogP contribution < -0.4 is 14.8 Å². The van der Waals surface area contributed by atoms with Gasteiger partial charge < -0.3 is 14.8 Å². The third kappa shape index (κ3) is 6.41. The van der Waals surface area contributed by atoms with Gasteiger partial charge in [0.1, 0.15) is 23.8 Å². The maximum absolute atomic E-state index is 15.1. The second-order valence-corrected chi connectivity index (χ2v) is 10.3. The van der Waals surface area contributed by atoms with E-state index in [0.717, 1.165) is 25.2 Å². The molecule has 0 aliphatic carbocycles. The van der Waals surface area contributed by atoms with Gasteiger partial charge in [-0.2, -0.15) is 0 Å². The summed E-state index contributed by atoms with van der Waals surface area (Å²) in [5, 5.41) is 14.4. The maximum atomic E-state index is 15.1. The summed E-state index contributed by atoms with van der Waals surface area (Å²) in [5.41, 5.74) is -2.09. The van der Waals surface area contributed by atoms with Crippen LogP contribution in [0.4, 0.5) is 31.5 Å². The molecule has 0 saturated carbocycles. The fourth-order valence-electron chi connectivity index (χ4n) is 3.87. The molecule has 4 rings (SSSR count). The van der Waals surface area contributed by atoms with E-state index in [1.165, 1.54) is 18.3 Å². The summed E-state index contributed by atoms with van der Waals surface area (Å²) in [4.78, 5) is 21.8. The van der Waals surface area contributed by atoms with Crippen molar-refractivity contribution in [3.05, 3.63) is 52.2 Å². The van der Waals surface area contributed by atoms with Crippen LogP contribution >= 0.6 is 0 Å². The van der Waals surface area contributed by atoms with Crippen LogP contribution in [0.15, 0.2) is 30.5 Å². The number of sulfonamides is 1. The molecule has 15 heteroatoms. The van der Waals surface area contributed by atoms with E-state index in [9.17, 15) is 22.9 Å². The topological polar surface area (TPSA) is 149 Å². The van der Waals surface area contributed by atoms with Gasteiger partial charge in [-0.15, -0.1) is 0 Å². The van der Waals surface area contributed by atoms with Crippen molar-refractivity contribution in [2.24, 2.45) is 0 Å². The number of fused-ring (bicyclic) bond motifs is 1. The Bertz CT molecular complexity index is 1440. The number of benzene rings is 2. The Morgan fingerprint density at radius 3 is 2.63 bits per heavy atom. The molecule has 1 aromatic heterocycles. The molecular weight excluding hydrogens is 526 g/mol. The molecule has 0 unspecified atom stereocenters. The lowest BCUT2D eigenvalue weighted by atomic mass is 10.2. The third-order valence-electron chi connectivity index (χ3n) is 5.70. The van der Waals surface area contributed by atoms with Crippen LogP contribution in [0.1, 0.15) is 13.3 Å². The van der Waals surface area contributed by atoms with Gasteiger partial charge in [0, 0.05) is 19.6 Å². The minimum Gasteiger partial charge on any atom is -0.475 e. The number of nitro benzene ring substituents is 1. The van der Waals surface area contributed by atoms with Gasteiger partial charge in [0.05, 0.1) is 41.3 Å². The number of nitrogens with one attached hydrogen (secondary N) is 2. The SMILES string of the molecule is CCCS(=O)(=O)Nc1ccc(F)c(Nc2ccc3ncc(OCCN4CCOCC4)nc3c2[N+](=O)[O-])c1F. The average molecular weight is 553 g/mol. The quantitative estimate of drug-likeness (QED) is 0.268. The highest BCUT2D eigenvalue weighted by molar-refractivity contribution is 7.92. The first-order chi connectivity index (χ1) is 18.2. The van der Waals surface area contributed by atoms with Crippen molar-refractivity contribution in [2.45, 2.75) is 13.3 Å². The minimum atomic E-state index is -3.87. The Labute approximate surface area is 217 Å². The van der Waals surface area contributed by atoms with Crippen LogP contribution in [0.25, 0.3) is 11.0 Å². The van der Waals surface area contributed by atoms with E-state index in [4.69, 9.17) is 9.47 Å². The average Bonchev–Trinajstić information content (AvgIpc) is 2.88. The third-order valence-corrected chi connectivity index (χ3v) is 7.18. The highest BCUT2D eigenvalue weighted by atomic mass is 32.2. The number of hydrogen-bond acceptors (Lipinski definition) is 10. The van der Waals surface area contributed by atoms with Crippen molar-refractivity contribution >= 4 is 43.8 Å². The molecule has 0 spiro atoms. The number of aromatic nitrogens is 2. The van der Waals surface area contributed by atoms with Gasteiger partial charge in [0.2, 0.25) is 15.9 Å². The number of rotatable bonds is 11. The van der Waals surface area contributed by atoms with Gasteiger partial charge in [-0.05, 0) is 30.7 Å². The molecule has 0 amide bonds. The highest BCUT2D eigenvalue weighted by Crippen LogP contribution is 2.37. The molecule has 2 N–H and O–H groups in total. The summed E-state index contributed by atoms with van der Waals surface area (Å²) in [6.45, 7) is 5.30. The molecule has 1 aliphatic heterocycles. The Kier molecular flexibility index (Phi) is 8.48. The van der Waals surface area contributed by atoms with Gasteiger partial charge in [0.15, 0.2) is 11.3 Å². The van der Waals surface area contributed by atoms with Crippen LogP contribution in [0, 0.1) is 21.7 Å². The first-order valence-electron chi connectivity index (χ1n) is 11.8. The van der Waals surface area contributed by atoms with Crippen molar-refractivity contribution in [2.75, 3.05) is 55.2 Å². The van der Waals surface area contributed by atoms with Crippen LogP contribution in [-0.2, 0) is 14.8 Å². The first kappa shape index (κ1) is 27.3. The Morgan fingerprint density at radius 2 is 1.92 bits per heavy atom. The summed E-state index contributed by atoms with van der Waals surface area (Å²) < 4.78 is 66.9. The van der Waals surface area contributed by atoms with E-state index in [0.29, 0.717) is 19.8 Å². The van der Waals surface area contributed by atoms with E-state index < -0.39 is 43.6 Å². The van der Waals surface area contributed by atoms with E-state index in [1.807, 2.05) is 0 Å². The molecule has 0 atom stereocenters. The number of nitrogens with zero attached hydrogens (tertiary/aromatic N) is 4. The lowest BCUT2D eigenvalue weighted by molar-refractivity contribution is -0.382. The molecule has 3 aromatic rings. The molecule has 12 nitrogen and oxygen atoms in total. The van der Waals surface area contributed by atoms with E-state index in [1.54, 1.807) is 6.92 Å². The zero-order chi connectivity index (χ0) is 27.3. The summed E-state index contributed by atoms with van der Waals surface area (Å²) in [7, 11) is -3.87. The molecule has 204 valence electrons. The number of nitro groups is 1. The lowest BCUT2D eigenvalue weighted by Crippen LogP contribution is -2.38. The summed E-state index contributed by atoms with van der Waals surface area (Å²) in [6.07, 6.45) is 1.62. The highest BCUT2D eigenvalue weighted by Gasteiger charge is 2.25. The lowest BCUT2D eigenvalue weighted by Gasteiger charge is -2.26. The number of halogens is 2. The first-order valence-corrected chi connectivity index (χ1v) is 13.5. The van der Waals surface area contributed by atoms with E-state index in [2.05, 4.69) is 24.9 Å². The zero-order valence-corrected chi connectivity index (χ0v) is 21.3. The molecule has 0 bridgehead atoms. The number of morpholine rings is 1. The number of anilines is 3. The standard InChI is InChI=1S/C23H26F2N6O6S/c1-2-13-38(34,35)29-16-4-3-15(24)21(20(16)25)27-18-6-5-17-22(23(18)31(32)33)28-19(14-26-17)37-12-9-30-7-10-36-11-8-30/h3-6,14,27,29H,2,7-13H2,1H3. The van der Waals surface area contributed by atoms with Gasteiger partial charge in [-0.1, -0.05) is 6.92 Å². The summed E-state index contributed by atoms with van der Waals surface area (Å²) >= 11 is 0. The normalized spacial score (nSPS) is 14.4. The van der Waals surface area contributed by atoms with Crippen LogP contribution in [-0.4, -0.2) is 73.4 Å². The number of hydrogen-bond donors (Lipinski definition) is 2. The van der Waals surface area contributed by atoms with Crippen LogP contribution in [0.2, 0.25) is 0 Å². The molecule has 2 heterocycles. The molecule has 1 aliphatic rings. The Balaban J connectivity index is 1.63. The molecule has 2 aromatic carbocycles. The predicted octanol–water partition coefficient (Wildman–Crippen LogP) is 3.42. The largest absolute Gasteiger partial charge is 0.475 e.